The molecule has 0 atom stereocenters. The SMILES string of the molecule is CC(=O)SCC(=Cc1cnccc1Cl)B1OC(C)(C)C(C)(C)O1. The number of rotatable bonds is 4. The highest BCUT2D eigenvalue weighted by molar-refractivity contribution is 8.13. The quantitative estimate of drug-likeness (QED) is 0.765. The smallest absolute Gasteiger partial charge is 0.400 e. The summed E-state index contributed by atoms with van der Waals surface area (Å²) in [5.41, 5.74) is 0.772. The van der Waals surface area contributed by atoms with Gasteiger partial charge in [-0.15, -0.1) is 0 Å². The standard InChI is InChI=1S/C16H21BClNO3S/c1-11(20)23-10-13(8-12-9-19-7-6-14(12)18)17-21-15(2,3)16(4,5)22-17/h6-9H,10H2,1-5H3. The number of carbonyl (C=O) groups excluding carboxylic acids is 1. The van der Waals surface area contributed by atoms with Crippen molar-refractivity contribution >= 4 is 41.7 Å². The van der Waals surface area contributed by atoms with Crippen molar-refractivity contribution in [2.24, 2.45) is 0 Å². The molecule has 2 rings (SSSR count). The highest BCUT2D eigenvalue weighted by Crippen LogP contribution is 2.39. The first-order valence-electron chi connectivity index (χ1n) is 7.41. The van der Waals surface area contributed by atoms with Gasteiger partial charge in [0.25, 0.3) is 0 Å². The molecule has 1 aromatic rings. The average Bonchev–Trinajstić information content (AvgIpc) is 2.65. The number of nitrogens with zero attached hydrogens (tertiary/aromatic N) is 1. The van der Waals surface area contributed by atoms with Crippen molar-refractivity contribution in [1.82, 2.24) is 4.98 Å². The van der Waals surface area contributed by atoms with Gasteiger partial charge in [-0.25, -0.2) is 0 Å². The molecule has 1 saturated heterocycles. The van der Waals surface area contributed by atoms with Crippen LogP contribution < -0.4 is 0 Å². The number of thioether (sulfide) groups is 1. The second kappa shape index (κ2) is 6.97. The van der Waals surface area contributed by atoms with Gasteiger partial charge in [0.05, 0.1) is 16.2 Å². The molecule has 1 aliphatic heterocycles. The zero-order valence-corrected chi connectivity index (χ0v) is 15.6. The highest BCUT2D eigenvalue weighted by atomic mass is 35.5. The molecule has 7 heteroatoms. The van der Waals surface area contributed by atoms with E-state index in [1.807, 2.05) is 33.8 Å². The maximum absolute atomic E-state index is 11.4. The second-order valence-corrected chi connectivity index (χ2v) is 8.04. The third-order valence-corrected chi connectivity index (χ3v) is 5.36. The van der Waals surface area contributed by atoms with Crippen molar-refractivity contribution in [1.29, 1.82) is 0 Å². The van der Waals surface area contributed by atoms with Crippen LogP contribution in [0, 0.1) is 0 Å². The number of halogens is 1. The Kier molecular flexibility index (Phi) is 5.61. The summed E-state index contributed by atoms with van der Waals surface area (Å²) in [4.78, 5) is 15.4. The molecule has 0 aliphatic carbocycles. The van der Waals surface area contributed by atoms with Crippen LogP contribution in [-0.2, 0) is 14.1 Å². The molecule has 0 spiro atoms. The van der Waals surface area contributed by atoms with E-state index in [1.165, 1.54) is 11.8 Å². The predicted octanol–water partition coefficient (Wildman–Crippen LogP) is 4.03. The van der Waals surface area contributed by atoms with Crippen molar-refractivity contribution < 1.29 is 14.1 Å². The zero-order chi connectivity index (χ0) is 17.3. The molecule has 23 heavy (non-hydrogen) atoms. The third-order valence-electron chi connectivity index (χ3n) is 4.14. The molecule has 0 radical (unpaired) electrons. The van der Waals surface area contributed by atoms with Crippen LogP contribution in [0.5, 0.6) is 0 Å². The van der Waals surface area contributed by atoms with Crippen LogP contribution in [-0.4, -0.2) is 34.2 Å². The lowest BCUT2D eigenvalue weighted by atomic mass is 9.78. The van der Waals surface area contributed by atoms with E-state index in [0.717, 1.165) is 11.0 Å². The van der Waals surface area contributed by atoms with Crippen LogP contribution in [0.3, 0.4) is 0 Å². The van der Waals surface area contributed by atoms with Gasteiger partial charge in [-0.2, -0.15) is 0 Å². The van der Waals surface area contributed by atoms with E-state index in [9.17, 15) is 4.79 Å². The number of carbonyl (C=O) groups is 1. The normalized spacial score (nSPS) is 19.9. The fraction of sp³-hybridized carbons (Fsp3) is 0.500. The summed E-state index contributed by atoms with van der Waals surface area (Å²) in [5, 5.41) is 0.645. The Morgan fingerprint density at radius 2 is 1.96 bits per heavy atom. The number of hydrogen-bond acceptors (Lipinski definition) is 5. The van der Waals surface area contributed by atoms with E-state index < -0.39 is 18.3 Å². The Morgan fingerprint density at radius 3 is 2.48 bits per heavy atom. The lowest BCUT2D eigenvalue weighted by molar-refractivity contribution is -0.109. The summed E-state index contributed by atoms with van der Waals surface area (Å²) >= 11 is 7.43. The summed E-state index contributed by atoms with van der Waals surface area (Å²) in [5.74, 6) is 0.484. The minimum Gasteiger partial charge on any atom is -0.400 e. The minimum absolute atomic E-state index is 0.0460. The van der Waals surface area contributed by atoms with E-state index >= 15 is 0 Å². The molecule has 0 unspecified atom stereocenters. The van der Waals surface area contributed by atoms with Gasteiger partial charge in [0, 0.05) is 30.6 Å². The predicted molar refractivity (Wildman–Crippen MR) is 96.4 cm³/mol. The van der Waals surface area contributed by atoms with Crippen molar-refractivity contribution in [2.75, 3.05) is 5.75 Å². The van der Waals surface area contributed by atoms with Crippen LogP contribution in [0.15, 0.2) is 23.9 Å². The van der Waals surface area contributed by atoms with Crippen LogP contribution in [0.25, 0.3) is 6.08 Å². The third kappa shape index (κ3) is 4.38. The summed E-state index contributed by atoms with van der Waals surface area (Å²) in [6, 6.07) is 1.73. The maximum atomic E-state index is 11.4. The van der Waals surface area contributed by atoms with E-state index in [0.29, 0.717) is 10.8 Å². The van der Waals surface area contributed by atoms with Crippen LogP contribution in [0.2, 0.25) is 5.02 Å². The minimum atomic E-state index is -0.511. The number of hydrogen-bond donors (Lipinski definition) is 0. The summed E-state index contributed by atoms with van der Waals surface area (Å²) in [6.45, 7) is 9.54. The van der Waals surface area contributed by atoms with E-state index in [2.05, 4.69) is 4.98 Å². The Bertz CT molecular complexity index is 618. The summed E-state index contributed by atoms with van der Waals surface area (Å²) in [7, 11) is -0.511. The fourth-order valence-electron chi connectivity index (χ4n) is 2.05. The van der Waals surface area contributed by atoms with Crippen molar-refractivity contribution in [3.05, 3.63) is 34.5 Å². The molecule has 1 aromatic heterocycles. The molecule has 1 fully saturated rings. The van der Waals surface area contributed by atoms with Gasteiger partial charge in [0.1, 0.15) is 0 Å². The van der Waals surface area contributed by atoms with Gasteiger partial charge in [-0.05, 0) is 39.2 Å². The van der Waals surface area contributed by atoms with Gasteiger partial charge >= 0.3 is 7.12 Å². The molecule has 4 nitrogen and oxygen atoms in total. The molecule has 1 aliphatic rings. The summed E-state index contributed by atoms with van der Waals surface area (Å²) in [6.07, 6.45) is 5.22. The fourth-order valence-corrected chi connectivity index (χ4v) is 2.80. The van der Waals surface area contributed by atoms with Crippen LogP contribution in [0.4, 0.5) is 0 Å². The number of aromatic nitrogens is 1. The van der Waals surface area contributed by atoms with Gasteiger partial charge in [0.2, 0.25) is 0 Å². The largest absolute Gasteiger partial charge is 0.491 e. The van der Waals surface area contributed by atoms with Crippen molar-refractivity contribution in [3.8, 4) is 0 Å². The molecular formula is C16H21BClNO3S. The topological polar surface area (TPSA) is 48.4 Å². The van der Waals surface area contributed by atoms with Crippen LogP contribution >= 0.6 is 23.4 Å². The molecule has 0 bridgehead atoms. The van der Waals surface area contributed by atoms with Gasteiger partial charge in [-0.1, -0.05) is 29.4 Å². The monoisotopic (exact) mass is 353 g/mol. The molecule has 0 aromatic carbocycles. The molecule has 0 N–H and O–H groups in total. The first-order valence-corrected chi connectivity index (χ1v) is 8.78. The van der Waals surface area contributed by atoms with Crippen molar-refractivity contribution in [2.45, 2.75) is 45.8 Å². The van der Waals surface area contributed by atoms with Gasteiger partial charge in [0.15, 0.2) is 5.12 Å². The molecule has 124 valence electrons. The molecule has 0 saturated carbocycles. The first-order chi connectivity index (χ1) is 10.6. The zero-order valence-electron chi connectivity index (χ0n) is 14.1. The average molecular weight is 354 g/mol. The Balaban J connectivity index is 2.32. The Labute approximate surface area is 147 Å². The maximum Gasteiger partial charge on any atom is 0.491 e. The Morgan fingerprint density at radius 1 is 1.35 bits per heavy atom. The van der Waals surface area contributed by atoms with Gasteiger partial charge in [-0.3, -0.25) is 9.78 Å². The van der Waals surface area contributed by atoms with E-state index in [4.69, 9.17) is 20.9 Å². The van der Waals surface area contributed by atoms with Gasteiger partial charge < -0.3 is 9.31 Å². The molecular weight excluding hydrogens is 333 g/mol. The first kappa shape index (κ1) is 18.5. The van der Waals surface area contributed by atoms with Crippen molar-refractivity contribution in [3.63, 3.8) is 0 Å². The highest BCUT2D eigenvalue weighted by Gasteiger charge is 2.52. The van der Waals surface area contributed by atoms with Crippen LogP contribution in [0.1, 0.15) is 40.2 Å². The molecule has 2 heterocycles. The lowest BCUT2D eigenvalue weighted by Gasteiger charge is -2.32. The van der Waals surface area contributed by atoms with E-state index in [-0.39, 0.29) is 5.12 Å². The number of pyridine rings is 1. The molecule has 0 amide bonds. The Hall–Kier alpha value is -0.815. The lowest BCUT2D eigenvalue weighted by Crippen LogP contribution is -2.41. The summed E-state index contributed by atoms with van der Waals surface area (Å²) < 4.78 is 12.2. The van der Waals surface area contributed by atoms with E-state index in [1.54, 1.807) is 25.4 Å². The second-order valence-electron chi connectivity index (χ2n) is 6.48.